The minimum Gasteiger partial charge on any atom is -0.481 e. The largest absolute Gasteiger partial charge is 0.481 e. The Morgan fingerprint density at radius 2 is 1.32 bits per heavy atom. The monoisotopic (exact) mass is 1120 g/mol. The molecule has 78 heavy (non-hydrogen) atoms. The smallest absolute Gasteiger partial charge is 0.312 e. The lowest BCUT2D eigenvalue weighted by atomic mass is 9.33. The number of fused-ring (bicyclic) bond motifs is 7. The Bertz CT molecular complexity index is 2200. The number of aliphatic hydroxyl groups excluding tert-OH is 11. The zero-order valence-electron chi connectivity index (χ0n) is 46.4. The Hall–Kier alpha value is -2.08. The van der Waals surface area contributed by atoms with Gasteiger partial charge >= 0.3 is 5.97 Å². The molecule has 0 aromatic heterocycles. The maximum Gasteiger partial charge on any atom is 0.312 e. The van der Waals surface area contributed by atoms with E-state index in [1.807, 2.05) is 0 Å². The molecular formula is C55H89NO22. The lowest BCUT2D eigenvalue weighted by Gasteiger charge is -2.72. The van der Waals surface area contributed by atoms with Crippen molar-refractivity contribution >= 4 is 11.9 Å². The SMILES string of the molecule is CC(=O)N[C@H]1[C@H](O[C@H]2CC[C@@]3(C)C(CC[C@]4(C)C3CC=C3C5CC(C)(C)CC[C@]5(C(=O)O)[C@H](O[C@@H]5O[C@H](CO)[C@@H](O)[C@H](O)[C@H]5O)C[C@]34C)C2(C)C)O[C@H](CO[C@@H]2O[C@H](C)[C@H](O)[C@H](O)[C@H]2O[C@@H]2OC[C@@H](O)[C@H](O)[C@H]2O)[C@@H](O)[C@@H]1O. The van der Waals surface area contributed by atoms with Gasteiger partial charge in [-0.25, -0.2) is 0 Å². The standard InChI is InChI=1S/C55H89NO22/c1-23-35(60)41(66)44(78-46-42(67)36(61)27(59)21-71-46)48(73-23)72-22-29-38(63)39(64)34(56-24(2)58)45(75-29)76-32-13-14-52(7)30(51(32,5)6)12-15-53(8)31(52)11-10-25-26-18-50(3,4)16-17-55(26,49(69)70)33(19-54(25,53)9)77-47-43(68)40(65)37(62)28(20-57)74-47/h10,23,26-48,57,59-68H,11-22H2,1-9H3,(H,56,58)(H,69,70)/t23-,26?,27-,28-,29-,30?,31?,32+,33-,34-,35+,36+,37-,38-,39-,40+,41+,42-,43-,44-,45+,46+,47+,48-,52+,53-,54-,55-/m1/s1. The first-order chi connectivity index (χ1) is 36.4. The summed E-state index contributed by atoms with van der Waals surface area (Å²) >= 11 is 0. The summed E-state index contributed by atoms with van der Waals surface area (Å²) in [5.41, 5.74) is -2.38. The number of carboxylic acids is 1. The van der Waals surface area contributed by atoms with Crippen LogP contribution in [-0.2, 0) is 47.5 Å². The summed E-state index contributed by atoms with van der Waals surface area (Å²) < 4.78 is 49.2. The third kappa shape index (κ3) is 9.93. The number of carbonyl (C=O) groups excluding carboxylic acids is 1. The number of hydrogen-bond acceptors (Lipinski definition) is 21. The van der Waals surface area contributed by atoms with E-state index in [-0.39, 0.29) is 29.1 Å². The Morgan fingerprint density at radius 1 is 0.667 bits per heavy atom. The van der Waals surface area contributed by atoms with Crippen molar-refractivity contribution in [2.45, 2.75) is 249 Å². The van der Waals surface area contributed by atoms with Crippen molar-refractivity contribution in [3.05, 3.63) is 11.6 Å². The van der Waals surface area contributed by atoms with E-state index in [1.165, 1.54) is 13.8 Å². The third-order valence-electron chi connectivity index (χ3n) is 21.5. The highest BCUT2D eigenvalue weighted by Gasteiger charge is 2.72. The van der Waals surface area contributed by atoms with Gasteiger partial charge < -0.3 is 104 Å². The minimum absolute atomic E-state index is 0.0505. The second-order valence-corrected chi connectivity index (χ2v) is 26.7. The predicted molar refractivity (Wildman–Crippen MR) is 269 cm³/mol. The fourth-order valence-corrected chi connectivity index (χ4v) is 16.7. The first-order valence-electron chi connectivity index (χ1n) is 28.2. The summed E-state index contributed by atoms with van der Waals surface area (Å²) in [6, 6.07) is -1.23. The van der Waals surface area contributed by atoms with Crippen molar-refractivity contribution in [3.63, 3.8) is 0 Å². The van der Waals surface area contributed by atoms with E-state index in [2.05, 4.69) is 59.9 Å². The molecule has 1 amide bonds. The van der Waals surface area contributed by atoms with Crippen molar-refractivity contribution in [2.24, 2.45) is 50.2 Å². The van der Waals surface area contributed by atoms with Crippen LogP contribution >= 0.6 is 0 Å². The van der Waals surface area contributed by atoms with Gasteiger partial charge in [0, 0.05) is 6.92 Å². The molecule has 9 aliphatic rings. The second kappa shape index (κ2) is 21.8. The molecule has 4 heterocycles. The van der Waals surface area contributed by atoms with Gasteiger partial charge in [-0.15, -0.1) is 0 Å². The number of allylic oxidation sites excluding steroid dienone is 2. The highest BCUT2D eigenvalue weighted by molar-refractivity contribution is 5.78. The van der Waals surface area contributed by atoms with E-state index < -0.39 is 188 Å². The molecule has 3 unspecified atom stereocenters. The van der Waals surface area contributed by atoms with Crippen LogP contribution in [0.5, 0.6) is 0 Å². The number of hydrogen-bond donors (Lipinski definition) is 13. The first kappa shape index (κ1) is 60.5. The summed E-state index contributed by atoms with van der Waals surface area (Å²) in [5.74, 6) is -1.82. The maximum atomic E-state index is 14.0. The van der Waals surface area contributed by atoms with E-state index in [9.17, 15) is 70.9 Å². The Balaban J connectivity index is 0.960. The number of aliphatic hydroxyl groups is 11. The first-order valence-corrected chi connectivity index (χ1v) is 28.2. The number of carbonyl (C=O) groups is 2. The summed E-state index contributed by atoms with van der Waals surface area (Å²) in [6.07, 6.45) is -21.2. The van der Waals surface area contributed by atoms with Crippen molar-refractivity contribution in [1.82, 2.24) is 5.32 Å². The molecule has 4 saturated carbocycles. The highest BCUT2D eigenvalue weighted by atomic mass is 16.8. The van der Waals surface area contributed by atoms with E-state index in [4.69, 9.17) is 37.9 Å². The average Bonchev–Trinajstić information content (AvgIpc) is 2.75. The Kier molecular flexibility index (Phi) is 16.9. The van der Waals surface area contributed by atoms with E-state index >= 15 is 0 Å². The van der Waals surface area contributed by atoms with E-state index in [0.29, 0.717) is 38.5 Å². The molecule has 4 saturated heterocycles. The molecule has 0 spiro atoms. The quantitative estimate of drug-likeness (QED) is 0.0850. The van der Waals surface area contributed by atoms with Crippen LogP contribution in [0.3, 0.4) is 0 Å². The van der Waals surface area contributed by atoms with Crippen LogP contribution in [-0.4, -0.2) is 222 Å². The van der Waals surface area contributed by atoms with Gasteiger partial charge in [-0.3, -0.25) is 9.59 Å². The van der Waals surface area contributed by atoms with E-state index in [1.54, 1.807) is 0 Å². The molecule has 0 aromatic rings. The van der Waals surface area contributed by atoms with Gasteiger partial charge in [0.2, 0.25) is 5.91 Å². The zero-order chi connectivity index (χ0) is 57.1. The molecular weight excluding hydrogens is 1030 g/mol. The lowest BCUT2D eigenvalue weighted by Crippen LogP contribution is -2.69. The van der Waals surface area contributed by atoms with Gasteiger partial charge in [-0.2, -0.15) is 0 Å². The fourth-order valence-electron chi connectivity index (χ4n) is 16.7. The number of aliphatic carboxylic acids is 1. The van der Waals surface area contributed by atoms with Gasteiger partial charge in [0.05, 0.1) is 38.1 Å². The lowest BCUT2D eigenvalue weighted by molar-refractivity contribution is -0.361. The van der Waals surface area contributed by atoms with Crippen LogP contribution in [0.15, 0.2) is 11.6 Å². The van der Waals surface area contributed by atoms with Crippen LogP contribution in [0.1, 0.15) is 120 Å². The van der Waals surface area contributed by atoms with Crippen molar-refractivity contribution in [1.29, 1.82) is 0 Å². The highest BCUT2D eigenvalue weighted by Crippen LogP contribution is 2.76. The van der Waals surface area contributed by atoms with Gasteiger partial charge in [-0.1, -0.05) is 60.1 Å². The molecule has 23 heteroatoms. The van der Waals surface area contributed by atoms with Crippen LogP contribution in [0, 0.1) is 50.2 Å². The van der Waals surface area contributed by atoms with Crippen LogP contribution in [0.25, 0.3) is 0 Å². The maximum absolute atomic E-state index is 14.0. The van der Waals surface area contributed by atoms with Crippen molar-refractivity contribution in [3.8, 4) is 0 Å². The normalized spacial score (nSPS) is 52.8. The average molecular weight is 1120 g/mol. The molecule has 0 aromatic carbocycles. The molecule has 28 atom stereocenters. The number of amides is 1. The van der Waals surface area contributed by atoms with Crippen molar-refractivity contribution in [2.75, 3.05) is 19.8 Å². The molecule has 9 rings (SSSR count). The number of rotatable bonds is 12. The molecule has 5 aliphatic carbocycles. The van der Waals surface area contributed by atoms with Crippen LogP contribution < -0.4 is 5.32 Å². The zero-order valence-corrected chi connectivity index (χ0v) is 46.4. The number of nitrogens with one attached hydrogen (secondary N) is 1. The fraction of sp³-hybridized carbons (Fsp3) is 0.927. The topological polar surface area (TPSA) is 363 Å². The third-order valence-corrected chi connectivity index (χ3v) is 21.5. The summed E-state index contributed by atoms with van der Waals surface area (Å²) in [4.78, 5) is 26.7. The minimum atomic E-state index is -1.75. The molecule has 0 bridgehead atoms. The van der Waals surface area contributed by atoms with Gasteiger partial charge in [-0.05, 0) is 110 Å². The summed E-state index contributed by atoms with van der Waals surface area (Å²) in [6.45, 7) is 16.7. The Morgan fingerprint density at radius 3 is 1.99 bits per heavy atom. The van der Waals surface area contributed by atoms with E-state index in [0.717, 1.165) is 18.4 Å². The van der Waals surface area contributed by atoms with Crippen molar-refractivity contribution < 1.29 is 109 Å². The van der Waals surface area contributed by atoms with Gasteiger partial charge in [0.15, 0.2) is 25.2 Å². The predicted octanol–water partition coefficient (Wildman–Crippen LogP) is -0.688. The molecule has 446 valence electrons. The molecule has 4 aliphatic heterocycles. The second-order valence-electron chi connectivity index (χ2n) is 26.7. The van der Waals surface area contributed by atoms with Crippen LogP contribution in [0.4, 0.5) is 0 Å². The molecule has 13 N–H and O–H groups in total. The number of ether oxygens (including phenoxy) is 8. The Labute approximate surface area is 455 Å². The summed E-state index contributed by atoms with van der Waals surface area (Å²) in [7, 11) is 0. The summed E-state index contributed by atoms with van der Waals surface area (Å²) in [5, 5.41) is 133. The van der Waals surface area contributed by atoms with Gasteiger partial charge in [0.25, 0.3) is 0 Å². The number of carboxylic acid groups (broad SMARTS) is 1. The van der Waals surface area contributed by atoms with Gasteiger partial charge in [0.1, 0.15) is 90.8 Å². The molecule has 0 radical (unpaired) electrons. The molecule has 23 nitrogen and oxygen atoms in total. The van der Waals surface area contributed by atoms with Crippen LogP contribution in [0.2, 0.25) is 0 Å². The molecule has 8 fully saturated rings.